The molecule has 0 saturated carbocycles. The molecule has 1 fully saturated rings. The molecule has 2 heterocycles. The van der Waals surface area contributed by atoms with Crippen LogP contribution in [0.5, 0.6) is 5.75 Å². The summed E-state index contributed by atoms with van der Waals surface area (Å²) in [6, 6.07) is 4.77. The van der Waals surface area contributed by atoms with Crippen LogP contribution in [0.15, 0.2) is 35.3 Å². The summed E-state index contributed by atoms with van der Waals surface area (Å²) >= 11 is 6.44. The highest BCUT2D eigenvalue weighted by molar-refractivity contribution is 7.80. The summed E-state index contributed by atoms with van der Waals surface area (Å²) in [5, 5.41) is 5.04. The molecule has 30 heavy (non-hydrogen) atoms. The van der Waals surface area contributed by atoms with E-state index in [1.165, 1.54) is 41.4 Å². The molecule has 1 aromatic carbocycles. The van der Waals surface area contributed by atoms with Crippen molar-refractivity contribution in [3.8, 4) is 5.75 Å². The monoisotopic (exact) mass is 456 g/mol. The highest BCUT2D eigenvalue weighted by atomic mass is 32.1. The quantitative estimate of drug-likeness (QED) is 0.547. The zero-order valence-electron chi connectivity index (χ0n) is 15.7. The van der Waals surface area contributed by atoms with Crippen molar-refractivity contribution in [2.24, 2.45) is 0 Å². The van der Waals surface area contributed by atoms with Gasteiger partial charge in [-0.15, -0.1) is 24.5 Å². The maximum absolute atomic E-state index is 12.7. The number of aromatic nitrogens is 1. The van der Waals surface area contributed by atoms with Gasteiger partial charge in [-0.25, -0.2) is 4.98 Å². The first-order valence-corrected chi connectivity index (χ1v) is 9.84. The zero-order valence-corrected chi connectivity index (χ0v) is 17.3. The van der Waals surface area contributed by atoms with Crippen molar-refractivity contribution in [2.75, 3.05) is 16.3 Å². The number of rotatable bonds is 5. The Bertz CT molecular complexity index is 1020. The number of anilines is 2. The summed E-state index contributed by atoms with van der Waals surface area (Å²) in [5.74, 6) is -1.04. The van der Waals surface area contributed by atoms with Gasteiger partial charge in [0, 0.05) is 18.8 Å². The Labute approximate surface area is 178 Å². The number of nitrogens with zero attached hydrogens (tertiary/aromatic N) is 3. The number of thiazole rings is 1. The van der Waals surface area contributed by atoms with Gasteiger partial charge >= 0.3 is 6.36 Å². The highest BCUT2D eigenvalue weighted by Crippen LogP contribution is 2.28. The SMILES string of the molecule is CCN(C(C)=O)c1nc(/C=C2\NC(=S)N(c3ccc(OC(F)(F)F)cc3)C2=O)cs1. The lowest BCUT2D eigenvalue weighted by molar-refractivity contribution is -0.274. The molecule has 1 N–H and O–H groups in total. The van der Waals surface area contributed by atoms with Crippen LogP contribution < -0.4 is 19.9 Å². The van der Waals surface area contributed by atoms with Gasteiger partial charge in [-0.2, -0.15) is 0 Å². The second kappa shape index (κ2) is 8.40. The Morgan fingerprint density at radius 2 is 2.03 bits per heavy atom. The van der Waals surface area contributed by atoms with E-state index in [1.807, 2.05) is 6.92 Å². The predicted molar refractivity (Wildman–Crippen MR) is 110 cm³/mol. The van der Waals surface area contributed by atoms with E-state index in [0.29, 0.717) is 17.4 Å². The number of thiocarbonyl (C=S) groups is 1. The van der Waals surface area contributed by atoms with Crippen LogP contribution in [0.2, 0.25) is 0 Å². The second-order valence-electron chi connectivity index (χ2n) is 5.99. The number of hydrogen-bond acceptors (Lipinski definition) is 6. The van der Waals surface area contributed by atoms with Crippen molar-refractivity contribution in [3.05, 3.63) is 41.0 Å². The minimum absolute atomic E-state index is 0.0742. The Hall–Kier alpha value is -2.99. The number of carbonyl (C=O) groups is 2. The fourth-order valence-electron chi connectivity index (χ4n) is 2.67. The van der Waals surface area contributed by atoms with Crippen molar-refractivity contribution in [1.82, 2.24) is 10.3 Å². The maximum atomic E-state index is 12.7. The number of halogens is 3. The van der Waals surface area contributed by atoms with Crippen molar-refractivity contribution < 1.29 is 27.5 Å². The second-order valence-corrected chi connectivity index (χ2v) is 7.21. The van der Waals surface area contributed by atoms with Crippen molar-refractivity contribution in [3.63, 3.8) is 0 Å². The Morgan fingerprint density at radius 3 is 2.60 bits per heavy atom. The van der Waals surface area contributed by atoms with Gasteiger partial charge in [0.1, 0.15) is 11.4 Å². The lowest BCUT2D eigenvalue weighted by Crippen LogP contribution is -2.30. The molecule has 0 radical (unpaired) electrons. The molecular weight excluding hydrogens is 441 g/mol. The molecule has 2 amide bonds. The predicted octanol–water partition coefficient (Wildman–Crippen LogP) is 3.68. The molecule has 12 heteroatoms. The highest BCUT2D eigenvalue weighted by Gasteiger charge is 2.33. The van der Waals surface area contributed by atoms with E-state index in [9.17, 15) is 22.8 Å². The smallest absolute Gasteiger partial charge is 0.406 e. The van der Waals surface area contributed by atoms with Crippen LogP contribution in [0, 0.1) is 0 Å². The fraction of sp³-hybridized carbons (Fsp3) is 0.222. The molecule has 1 aliphatic rings. The maximum Gasteiger partial charge on any atom is 0.573 e. The number of hydrogen-bond donors (Lipinski definition) is 1. The summed E-state index contributed by atoms with van der Waals surface area (Å²) in [6.45, 7) is 3.72. The van der Waals surface area contributed by atoms with Gasteiger partial charge in [0.25, 0.3) is 5.91 Å². The van der Waals surface area contributed by atoms with Crippen molar-refractivity contribution in [1.29, 1.82) is 0 Å². The topological polar surface area (TPSA) is 74.8 Å². The summed E-state index contributed by atoms with van der Waals surface area (Å²) in [4.78, 5) is 31.4. The first-order valence-electron chi connectivity index (χ1n) is 8.55. The third kappa shape index (κ3) is 4.76. The van der Waals surface area contributed by atoms with Crippen LogP contribution in [-0.4, -0.2) is 34.8 Å². The molecular formula is C18H15F3N4O3S2. The van der Waals surface area contributed by atoms with E-state index in [1.54, 1.807) is 5.38 Å². The number of benzene rings is 1. The van der Waals surface area contributed by atoms with Gasteiger partial charge in [0.05, 0.1) is 11.4 Å². The standard InChI is InChI=1S/C18H15F3N4O3S2/c1-3-24(10(2)26)17-22-11(9-30-17)8-14-15(27)25(16(29)23-14)12-4-6-13(7-5-12)28-18(19,20)21/h4-9H,3H2,1-2H3,(H,23,29)/b14-8-. The number of nitrogens with one attached hydrogen (secondary N) is 1. The molecule has 3 rings (SSSR count). The summed E-state index contributed by atoms with van der Waals surface area (Å²) in [5.41, 5.74) is 0.894. The molecule has 2 aromatic rings. The molecule has 0 bridgehead atoms. The van der Waals surface area contributed by atoms with Gasteiger partial charge in [0.2, 0.25) is 5.91 Å². The van der Waals surface area contributed by atoms with E-state index in [0.717, 1.165) is 17.0 Å². The first kappa shape index (κ1) is 21.7. The first-order chi connectivity index (χ1) is 14.1. The van der Waals surface area contributed by atoms with Gasteiger partial charge in [-0.05, 0) is 49.5 Å². The van der Waals surface area contributed by atoms with Crippen LogP contribution >= 0.6 is 23.6 Å². The van der Waals surface area contributed by atoms with Gasteiger partial charge in [0.15, 0.2) is 10.2 Å². The summed E-state index contributed by atoms with van der Waals surface area (Å²) in [7, 11) is 0. The Balaban J connectivity index is 1.79. The number of alkyl halides is 3. The summed E-state index contributed by atoms with van der Waals surface area (Å²) < 4.78 is 40.7. The average molecular weight is 456 g/mol. The Morgan fingerprint density at radius 1 is 1.37 bits per heavy atom. The Kier molecular flexibility index (Phi) is 6.08. The van der Waals surface area contributed by atoms with Gasteiger partial charge in [-0.3, -0.25) is 19.4 Å². The van der Waals surface area contributed by atoms with Crippen molar-refractivity contribution >= 4 is 57.4 Å². The minimum atomic E-state index is -4.81. The van der Waals surface area contributed by atoms with Crippen LogP contribution in [0.3, 0.4) is 0 Å². The van der Waals surface area contributed by atoms with Crippen LogP contribution in [-0.2, 0) is 9.59 Å². The third-order valence-corrected chi connectivity index (χ3v) is 5.10. The van der Waals surface area contributed by atoms with E-state index in [2.05, 4.69) is 15.0 Å². The van der Waals surface area contributed by atoms with Gasteiger partial charge in [-0.1, -0.05) is 0 Å². The van der Waals surface area contributed by atoms with E-state index >= 15 is 0 Å². The molecule has 1 aromatic heterocycles. The largest absolute Gasteiger partial charge is 0.573 e. The van der Waals surface area contributed by atoms with Crippen molar-refractivity contribution in [2.45, 2.75) is 20.2 Å². The van der Waals surface area contributed by atoms with Crippen LogP contribution in [0.1, 0.15) is 19.5 Å². The zero-order chi connectivity index (χ0) is 22.1. The van der Waals surface area contributed by atoms with E-state index in [4.69, 9.17) is 12.2 Å². The lowest BCUT2D eigenvalue weighted by atomic mass is 10.2. The minimum Gasteiger partial charge on any atom is -0.406 e. The number of amides is 2. The molecule has 1 aliphatic heterocycles. The molecule has 1 saturated heterocycles. The molecule has 0 aliphatic carbocycles. The molecule has 7 nitrogen and oxygen atoms in total. The lowest BCUT2D eigenvalue weighted by Gasteiger charge is -2.15. The van der Waals surface area contributed by atoms with Crippen LogP contribution in [0.25, 0.3) is 6.08 Å². The molecule has 158 valence electrons. The molecule has 0 atom stereocenters. The van der Waals surface area contributed by atoms with Gasteiger partial charge < -0.3 is 10.1 Å². The third-order valence-electron chi connectivity index (χ3n) is 3.94. The normalized spacial score (nSPS) is 15.5. The molecule has 0 unspecified atom stereocenters. The van der Waals surface area contributed by atoms with E-state index < -0.39 is 18.0 Å². The van der Waals surface area contributed by atoms with Crippen LogP contribution in [0.4, 0.5) is 24.0 Å². The summed E-state index contributed by atoms with van der Waals surface area (Å²) in [6.07, 6.45) is -3.32. The number of ether oxygens (including phenoxy) is 1. The number of carbonyl (C=O) groups excluding carboxylic acids is 2. The molecule has 0 spiro atoms. The fourth-order valence-corrected chi connectivity index (χ4v) is 3.86. The van der Waals surface area contributed by atoms with E-state index in [-0.39, 0.29) is 22.4 Å². The average Bonchev–Trinajstić information content (AvgIpc) is 3.20.